The molecule has 1 amide bonds. The zero-order valence-corrected chi connectivity index (χ0v) is 10.5. The van der Waals surface area contributed by atoms with Crippen molar-refractivity contribution in [3.63, 3.8) is 0 Å². The van der Waals surface area contributed by atoms with E-state index in [1.807, 2.05) is 0 Å². The van der Waals surface area contributed by atoms with Crippen molar-refractivity contribution >= 4 is 30.3 Å². The zero-order chi connectivity index (χ0) is 12.3. The summed E-state index contributed by atoms with van der Waals surface area (Å²) in [6.45, 7) is 0. The van der Waals surface area contributed by atoms with Crippen molar-refractivity contribution in [2.24, 2.45) is 5.73 Å². The van der Waals surface area contributed by atoms with Crippen molar-refractivity contribution < 1.29 is 9.59 Å². The van der Waals surface area contributed by atoms with Gasteiger partial charge in [0.25, 0.3) is 0 Å². The summed E-state index contributed by atoms with van der Waals surface area (Å²) in [6, 6.07) is 6.49. The summed E-state index contributed by atoms with van der Waals surface area (Å²) in [5.74, 6) is -0.711. The smallest absolute Gasteiger partial charge is 0.250 e. The fourth-order valence-corrected chi connectivity index (χ4v) is 1.59. The number of hydrogen-bond donors (Lipinski definition) is 2. The average molecular weight is 258 g/mol. The van der Waals surface area contributed by atoms with E-state index >= 15 is 0 Å². The molecule has 5 nitrogen and oxygen atoms in total. The molecule has 0 fully saturated rings. The second-order valence-corrected chi connectivity index (χ2v) is 3.76. The lowest BCUT2D eigenvalue weighted by atomic mass is 9.89. The summed E-state index contributed by atoms with van der Waals surface area (Å²) in [6.07, 6.45) is 0.543. The predicted octanol–water partition coefficient (Wildman–Crippen LogP) is 0.132. The highest BCUT2D eigenvalue weighted by molar-refractivity contribution is 6.01. The van der Waals surface area contributed by atoms with Gasteiger partial charge in [0, 0.05) is 5.69 Å². The maximum absolute atomic E-state index is 11.5. The van der Waals surface area contributed by atoms with E-state index in [-0.39, 0.29) is 12.4 Å². The summed E-state index contributed by atoms with van der Waals surface area (Å²) >= 11 is 0. The molecule has 0 unspecified atom stereocenters. The van der Waals surface area contributed by atoms with Crippen LogP contribution in [0.4, 0.5) is 5.69 Å². The Balaban J connectivity index is 0.00000256. The Bertz CT molecular complexity index is 406. The normalized spacial score (nSPS) is 13.6. The van der Waals surface area contributed by atoms with Gasteiger partial charge in [-0.1, -0.05) is 12.1 Å². The molecule has 1 atom stereocenters. The predicted molar refractivity (Wildman–Crippen MR) is 68.7 cm³/mol. The highest BCUT2D eigenvalue weighted by Crippen LogP contribution is 2.24. The molecule has 0 radical (unpaired) electrons. The molecule has 1 aromatic carbocycles. The molecule has 0 spiro atoms. The first-order valence-electron chi connectivity index (χ1n) is 4.75. The number of halogens is 1. The molecular weight excluding hydrogens is 242 g/mol. The van der Waals surface area contributed by atoms with Gasteiger partial charge in [-0.15, -0.1) is 12.4 Å². The minimum Gasteiger partial charge on any atom is -0.399 e. The molecule has 0 bridgehead atoms. The fourth-order valence-electron chi connectivity index (χ4n) is 1.59. The number of primary amides is 1. The number of likely N-dealkylation sites (N-methyl/N-ethyl adjacent to an activating group) is 1. The van der Waals surface area contributed by atoms with Crippen LogP contribution >= 0.6 is 12.4 Å². The highest BCUT2D eigenvalue weighted by Gasteiger charge is 2.40. The molecule has 4 N–H and O–H groups in total. The molecule has 1 rings (SSSR count). The van der Waals surface area contributed by atoms with Crippen LogP contribution in [0.2, 0.25) is 0 Å². The number of nitrogen functional groups attached to an aromatic ring is 1. The van der Waals surface area contributed by atoms with Gasteiger partial charge in [0.05, 0.1) is 0 Å². The molecule has 1 aromatic rings. The summed E-state index contributed by atoms with van der Waals surface area (Å²) in [5.41, 5.74) is 10.5. The molecule has 17 heavy (non-hydrogen) atoms. The first-order valence-corrected chi connectivity index (χ1v) is 4.75. The van der Waals surface area contributed by atoms with Gasteiger partial charge in [0.15, 0.2) is 11.8 Å². The standard InChI is InChI=1S/C11H15N3O2.ClH/c1-14(2)11(7-15,10(13)16)8-3-5-9(12)6-4-8;/h3-7H,12H2,1-2H3,(H2,13,16);1H/t11-;/m1./s1. The van der Waals surface area contributed by atoms with Crippen molar-refractivity contribution in [2.75, 3.05) is 19.8 Å². The topological polar surface area (TPSA) is 89.4 Å². The van der Waals surface area contributed by atoms with Crippen LogP contribution in [0.3, 0.4) is 0 Å². The largest absolute Gasteiger partial charge is 0.399 e. The second-order valence-electron chi connectivity index (χ2n) is 3.76. The maximum atomic E-state index is 11.5. The third-order valence-corrected chi connectivity index (χ3v) is 2.60. The Labute approximate surface area is 106 Å². The molecule has 0 heterocycles. The number of hydrogen-bond acceptors (Lipinski definition) is 4. The van der Waals surface area contributed by atoms with Crippen LogP contribution in [-0.2, 0) is 15.1 Å². The minimum atomic E-state index is -1.44. The van der Waals surface area contributed by atoms with Crippen molar-refractivity contribution in [1.29, 1.82) is 0 Å². The number of benzene rings is 1. The molecule has 0 aliphatic rings. The van der Waals surface area contributed by atoms with E-state index in [9.17, 15) is 9.59 Å². The first-order chi connectivity index (χ1) is 7.45. The highest BCUT2D eigenvalue weighted by atomic mass is 35.5. The SMILES string of the molecule is CN(C)[C@@](C=O)(C(N)=O)c1ccc(N)cc1.Cl. The molecule has 0 aliphatic carbocycles. The van der Waals surface area contributed by atoms with Gasteiger partial charge in [0.1, 0.15) is 0 Å². The molecule has 0 aliphatic heterocycles. The maximum Gasteiger partial charge on any atom is 0.250 e. The Kier molecular flexibility index (Phi) is 5.12. The van der Waals surface area contributed by atoms with Crippen molar-refractivity contribution in [3.05, 3.63) is 29.8 Å². The van der Waals surface area contributed by atoms with Crippen LogP contribution in [0.1, 0.15) is 5.56 Å². The Morgan fingerprint density at radius 1 is 1.29 bits per heavy atom. The molecule has 0 aromatic heterocycles. The van der Waals surface area contributed by atoms with Gasteiger partial charge in [-0.05, 0) is 31.8 Å². The van der Waals surface area contributed by atoms with E-state index < -0.39 is 11.4 Å². The van der Waals surface area contributed by atoms with E-state index in [4.69, 9.17) is 11.5 Å². The van der Waals surface area contributed by atoms with Gasteiger partial charge in [0.2, 0.25) is 5.91 Å². The van der Waals surface area contributed by atoms with Crippen LogP contribution in [0, 0.1) is 0 Å². The third kappa shape index (κ3) is 2.57. The van der Waals surface area contributed by atoms with Crippen LogP contribution in [0.25, 0.3) is 0 Å². The molecule has 0 saturated carbocycles. The van der Waals surface area contributed by atoms with Gasteiger partial charge < -0.3 is 16.3 Å². The molecule has 6 heteroatoms. The molecular formula is C11H16ClN3O2. The summed E-state index contributed by atoms with van der Waals surface area (Å²) in [7, 11) is 3.24. The van der Waals surface area contributed by atoms with Gasteiger partial charge >= 0.3 is 0 Å². The number of anilines is 1. The van der Waals surface area contributed by atoms with Crippen LogP contribution in [0.5, 0.6) is 0 Å². The Morgan fingerprint density at radius 2 is 1.76 bits per heavy atom. The van der Waals surface area contributed by atoms with Gasteiger partial charge in [-0.2, -0.15) is 0 Å². The summed E-state index contributed by atoms with van der Waals surface area (Å²) < 4.78 is 0. The number of nitrogens with two attached hydrogens (primary N) is 2. The average Bonchev–Trinajstić information content (AvgIpc) is 2.21. The monoisotopic (exact) mass is 257 g/mol. The van der Waals surface area contributed by atoms with Crippen molar-refractivity contribution in [2.45, 2.75) is 5.54 Å². The van der Waals surface area contributed by atoms with Gasteiger partial charge in [-0.3, -0.25) is 9.69 Å². The lowest BCUT2D eigenvalue weighted by Crippen LogP contribution is -2.53. The first kappa shape index (κ1) is 15.4. The number of rotatable bonds is 4. The van der Waals surface area contributed by atoms with E-state index in [0.717, 1.165) is 0 Å². The number of aldehydes is 1. The summed E-state index contributed by atoms with van der Waals surface area (Å²) in [4.78, 5) is 24.2. The lowest BCUT2D eigenvalue weighted by Gasteiger charge is -2.31. The zero-order valence-electron chi connectivity index (χ0n) is 9.71. The van der Waals surface area contributed by atoms with E-state index in [0.29, 0.717) is 17.5 Å². The summed E-state index contributed by atoms with van der Waals surface area (Å²) in [5, 5.41) is 0. The number of carbonyl (C=O) groups is 2. The van der Waals surface area contributed by atoms with E-state index in [1.165, 1.54) is 4.90 Å². The van der Waals surface area contributed by atoms with Crippen LogP contribution in [-0.4, -0.2) is 31.2 Å². The number of amides is 1. The van der Waals surface area contributed by atoms with Crippen molar-refractivity contribution in [3.8, 4) is 0 Å². The molecule has 94 valence electrons. The third-order valence-electron chi connectivity index (χ3n) is 2.60. The number of nitrogens with zero attached hydrogens (tertiary/aromatic N) is 1. The van der Waals surface area contributed by atoms with E-state index in [1.54, 1.807) is 38.4 Å². The Hall–Kier alpha value is -1.59. The van der Waals surface area contributed by atoms with Crippen LogP contribution in [0.15, 0.2) is 24.3 Å². The van der Waals surface area contributed by atoms with Crippen LogP contribution < -0.4 is 11.5 Å². The lowest BCUT2D eigenvalue weighted by molar-refractivity contribution is -0.135. The number of carbonyl (C=O) groups excluding carboxylic acids is 2. The van der Waals surface area contributed by atoms with Crippen molar-refractivity contribution in [1.82, 2.24) is 4.90 Å². The minimum absolute atomic E-state index is 0. The van der Waals surface area contributed by atoms with Gasteiger partial charge in [-0.25, -0.2) is 0 Å². The van der Waals surface area contributed by atoms with E-state index in [2.05, 4.69) is 0 Å². The second kappa shape index (κ2) is 5.65. The quantitative estimate of drug-likeness (QED) is 0.456. The molecule has 0 saturated heterocycles. The fraction of sp³-hybridized carbons (Fsp3) is 0.273. The Morgan fingerprint density at radius 3 is 2.06 bits per heavy atom.